The number of nitrogen functional groups attached to an aromatic ring is 1. The van der Waals surface area contributed by atoms with E-state index in [0.29, 0.717) is 22.0 Å². The minimum absolute atomic E-state index is 0.0688. The van der Waals surface area contributed by atoms with Crippen molar-refractivity contribution in [1.82, 2.24) is 9.97 Å². The Morgan fingerprint density at radius 1 is 1.12 bits per heavy atom. The number of nitrogens with one attached hydrogen (secondary N) is 2. The summed E-state index contributed by atoms with van der Waals surface area (Å²) in [6, 6.07) is 12.9. The number of rotatable bonds is 2. The average Bonchev–Trinajstić information content (AvgIpc) is 3.01. The van der Waals surface area contributed by atoms with Gasteiger partial charge in [-0.3, -0.25) is 4.79 Å². The lowest BCUT2D eigenvalue weighted by Crippen LogP contribution is -2.07. The zero-order chi connectivity index (χ0) is 16.8. The van der Waals surface area contributed by atoms with E-state index in [1.54, 1.807) is 12.1 Å². The summed E-state index contributed by atoms with van der Waals surface area (Å²) in [5.74, 6) is -1.09. The van der Waals surface area contributed by atoms with Gasteiger partial charge in [0.05, 0.1) is 5.56 Å². The molecule has 0 fully saturated rings. The van der Waals surface area contributed by atoms with Gasteiger partial charge in [-0.1, -0.05) is 24.3 Å². The Balaban J connectivity index is 2.13. The number of hydrogen-bond donors (Lipinski definition) is 4. The number of benzene rings is 2. The molecule has 6 nitrogen and oxygen atoms in total. The predicted octanol–water partition coefficient (Wildman–Crippen LogP) is 2.96. The Bertz CT molecular complexity index is 1170. The molecule has 4 aromatic rings. The molecule has 6 heteroatoms. The van der Waals surface area contributed by atoms with E-state index < -0.39 is 5.97 Å². The standard InChI is InChI=1S/C18H13N3O3/c19-13-4-2-1-3-10(13)9-5-6-14-11(7-9)15-12(18(23)24)8-20-16(15)17(22)21-14/h1-8,20H,19H2,(H,21,22)(H,23,24). The minimum atomic E-state index is -1.09. The number of nitrogens with two attached hydrogens (primary N) is 1. The Morgan fingerprint density at radius 2 is 1.92 bits per heavy atom. The van der Waals surface area contributed by atoms with Gasteiger partial charge in [-0.2, -0.15) is 0 Å². The Morgan fingerprint density at radius 3 is 2.67 bits per heavy atom. The van der Waals surface area contributed by atoms with Crippen LogP contribution in [-0.2, 0) is 0 Å². The van der Waals surface area contributed by atoms with Gasteiger partial charge in [0.2, 0.25) is 0 Å². The molecule has 5 N–H and O–H groups in total. The van der Waals surface area contributed by atoms with Crippen molar-refractivity contribution in [2.45, 2.75) is 0 Å². The van der Waals surface area contributed by atoms with Crippen LogP contribution in [0.2, 0.25) is 0 Å². The molecular formula is C18H13N3O3. The van der Waals surface area contributed by atoms with Crippen LogP contribution in [-0.4, -0.2) is 21.0 Å². The SMILES string of the molecule is Nc1ccccc1-c1ccc2[nH]c(=O)c3[nH]cc(C(=O)O)c3c2c1. The first-order valence-electron chi connectivity index (χ1n) is 7.31. The number of H-pyrrole nitrogens is 2. The second-order valence-corrected chi connectivity index (χ2v) is 5.56. The molecule has 4 rings (SSSR count). The van der Waals surface area contributed by atoms with Crippen LogP contribution in [0.15, 0.2) is 53.5 Å². The van der Waals surface area contributed by atoms with E-state index in [1.807, 2.05) is 30.3 Å². The van der Waals surface area contributed by atoms with E-state index in [4.69, 9.17) is 5.73 Å². The molecule has 0 saturated carbocycles. The summed E-state index contributed by atoms with van der Waals surface area (Å²) in [6.45, 7) is 0. The lowest BCUT2D eigenvalue weighted by atomic mass is 9.99. The molecule has 0 bridgehead atoms. The largest absolute Gasteiger partial charge is 0.478 e. The number of fused-ring (bicyclic) bond motifs is 3. The highest BCUT2D eigenvalue weighted by atomic mass is 16.4. The second kappa shape index (κ2) is 4.99. The molecule has 0 aliphatic rings. The summed E-state index contributed by atoms with van der Waals surface area (Å²) in [7, 11) is 0. The van der Waals surface area contributed by atoms with Crippen molar-refractivity contribution < 1.29 is 9.90 Å². The number of carbonyl (C=O) groups is 1. The van der Waals surface area contributed by atoms with Crippen molar-refractivity contribution >= 4 is 33.5 Å². The van der Waals surface area contributed by atoms with E-state index in [-0.39, 0.29) is 16.6 Å². The van der Waals surface area contributed by atoms with E-state index in [1.165, 1.54) is 6.20 Å². The van der Waals surface area contributed by atoms with Gasteiger partial charge in [-0.15, -0.1) is 0 Å². The van der Waals surface area contributed by atoms with Crippen molar-refractivity contribution in [2.24, 2.45) is 0 Å². The van der Waals surface area contributed by atoms with E-state index in [9.17, 15) is 14.7 Å². The molecule has 2 aromatic carbocycles. The van der Waals surface area contributed by atoms with Gasteiger partial charge in [-0.25, -0.2) is 4.79 Å². The number of para-hydroxylation sites is 1. The third kappa shape index (κ3) is 1.97. The summed E-state index contributed by atoms with van der Waals surface area (Å²) >= 11 is 0. The maximum absolute atomic E-state index is 12.1. The lowest BCUT2D eigenvalue weighted by Gasteiger charge is -2.08. The molecule has 0 atom stereocenters. The van der Waals surface area contributed by atoms with Gasteiger partial charge < -0.3 is 20.8 Å². The number of aromatic amines is 2. The molecule has 0 spiro atoms. The molecule has 118 valence electrons. The van der Waals surface area contributed by atoms with Crippen LogP contribution >= 0.6 is 0 Å². The minimum Gasteiger partial charge on any atom is -0.478 e. The Kier molecular flexibility index (Phi) is 2.93. The zero-order valence-electron chi connectivity index (χ0n) is 12.5. The number of pyridine rings is 1. The topological polar surface area (TPSA) is 112 Å². The van der Waals surface area contributed by atoms with Crippen LogP contribution in [0.25, 0.3) is 32.9 Å². The first kappa shape index (κ1) is 14.1. The number of carboxylic acids is 1. The fourth-order valence-electron chi connectivity index (χ4n) is 3.02. The molecule has 0 aliphatic heterocycles. The van der Waals surface area contributed by atoms with Crippen molar-refractivity contribution in [3.8, 4) is 11.1 Å². The molecule has 0 unspecified atom stereocenters. The highest BCUT2D eigenvalue weighted by Gasteiger charge is 2.16. The number of aromatic carboxylic acids is 1. The Hall–Kier alpha value is -3.54. The molecule has 0 radical (unpaired) electrons. The zero-order valence-corrected chi connectivity index (χ0v) is 12.5. The average molecular weight is 319 g/mol. The fraction of sp³-hybridized carbons (Fsp3) is 0. The monoisotopic (exact) mass is 319 g/mol. The number of hydrogen-bond acceptors (Lipinski definition) is 3. The highest BCUT2D eigenvalue weighted by molar-refractivity contribution is 6.15. The molecule has 2 heterocycles. The van der Waals surface area contributed by atoms with Crippen LogP contribution in [0, 0.1) is 0 Å². The third-order valence-corrected chi connectivity index (χ3v) is 4.15. The predicted molar refractivity (Wildman–Crippen MR) is 93.2 cm³/mol. The smallest absolute Gasteiger partial charge is 0.337 e. The van der Waals surface area contributed by atoms with Crippen molar-refractivity contribution in [1.29, 1.82) is 0 Å². The molecule has 0 amide bonds. The summed E-state index contributed by atoms with van der Waals surface area (Å²) in [6.07, 6.45) is 1.34. The van der Waals surface area contributed by atoms with Gasteiger partial charge in [0.15, 0.2) is 0 Å². The molecule has 2 aromatic heterocycles. The van der Waals surface area contributed by atoms with Crippen LogP contribution in [0.5, 0.6) is 0 Å². The fourth-order valence-corrected chi connectivity index (χ4v) is 3.02. The maximum atomic E-state index is 12.1. The number of anilines is 1. The van der Waals surface area contributed by atoms with Crippen molar-refractivity contribution in [2.75, 3.05) is 5.73 Å². The molecule has 0 saturated heterocycles. The van der Waals surface area contributed by atoms with Crippen LogP contribution in [0.4, 0.5) is 5.69 Å². The summed E-state index contributed by atoms with van der Waals surface area (Å²) < 4.78 is 0. The number of carboxylic acid groups (broad SMARTS) is 1. The first-order chi connectivity index (χ1) is 11.6. The third-order valence-electron chi connectivity index (χ3n) is 4.15. The van der Waals surface area contributed by atoms with E-state index in [0.717, 1.165) is 11.1 Å². The van der Waals surface area contributed by atoms with Crippen molar-refractivity contribution in [3.05, 3.63) is 64.6 Å². The lowest BCUT2D eigenvalue weighted by molar-refractivity contribution is 0.0699. The van der Waals surface area contributed by atoms with E-state index >= 15 is 0 Å². The first-order valence-corrected chi connectivity index (χ1v) is 7.31. The Labute approximate surface area is 135 Å². The van der Waals surface area contributed by atoms with Crippen molar-refractivity contribution in [3.63, 3.8) is 0 Å². The van der Waals surface area contributed by atoms with Gasteiger partial charge >= 0.3 is 5.97 Å². The van der Waals surface area contributed by atoms with E-state index in [2.05, 4.69) is 9.97 Å². The van der Waals surface area contributed by atoms with Crippen LogP contribution < -0.4 is 11.3 Å². The normalized spacial score (nSPS) is 11.2. The molecule has 24 heavy (non-hydrogen) atoms. The number of aromatic nitrogens is 2. The molecular weight excluding hydrogens is 306 g/mol. The van der Waals surface area contributed by atoms with Gasteiger partial charge in [0.25, 0.3) is 5.56 Å². The molecule has 0 aliphatic carbocycles. The van der Waals surface area contributed by atoms with Gasteiger partial charge in [-0.05, 0) is 23.8 Å². The quantitative estimate of drug-likeness (QED) is 0.425. The van der Waals surface area contributed by atoms with Crippen LogP contribution in [0.3, 0.4) is 0 Å². The van der Waals surface area contributed by atoms with Gasteiger partial charge in [0, 0.05) is 33.7 Å². The summed E-state index contributed by atoms with van der Waals surface area (Å²) in [5, 5.41) is 10.5. The van der Waals surface area contributed by atoms with Gasteiger partial charge in [0.1, 0.15) is 5.52 Å². The highest BCUT2D eigenvalue weighted by Crippen LogP contribution is 2.31. The summed E-state index contributed by atoms with van der Waals surface area (Å²) in [4.78, 5) is 29.1. The maximum Gasteiger partial charge on any atom is 0.337 e. The summed E-state index contributed by atoms with van der Waals surface area (Å²) in [5.41, 5.74) is 8.91. The second-order valence-electron chi connectivity index (χ2n) is 5.56. The van der Waals surface area contributed by atoms with Crippen LogP contribution in [0.1, 0.15) is 10.4 Å².